The molecule has 0 spiro atoms. The van der Waals surface area contributed by atoms with Gasteiger partial charge in [0, 0.05) is 105 Å². The summed E-state index contributed by atoms with van der Waals surface area (Å²) in [5.74, 6) is -4.10. The molecule has 6 heterocycles. The van der Waals surface area contributed by atoms with Crippen LogP contribution in [0.4, 0.5) is 62.3 Å². The van der Waals surface area contributed by atoms with E-state index < -0.39 is 53.6 Å². The van der Waals surface area contributed by atoms with Crippen LogP contribution in [0.5, 0.6) is 0 Å². The number of benzene rings is 4. The maximum atomic E-state index is 15.2. The molecule has 4 aromatic carbocycles. The lowest BCUT2D eigenvalue weighted by molar-refractivity contribution is -0.140. The van der Waals surface area contributed by atoms with Gasteiger partial charge in [-0.15, -0.1) is 10.2 Å². The normalized spacial score (nSPS) is 14.4. The summed E-state index contributed by atoms with van der Waals surface area (Å²) in [5, 5.41) is 30.3. The number of piperazine rings is 1. The monoisotopic (exact) mass is 1190 g/mol. The first-order valence-corrected chi connectivity index (χ1v) is 26.7. The number of hydrogen-bond donors (Lipinski definition) is 2. The number of anilines is 4. The van der Waals surface area contributed by atoms with Crippen molar-refractivity contribution in [2.45, 2.75) is 66.4 Å². The fourth-order valence-corrected chi connectivity index (χ4v) is 10.1. The van der Waals surface area contributed by atoms with Gasteiger partial charge in [0.25, 0.3) is 11.8 Å². The van der Waals surface area contributed by atoms with Gasteiger partial charge in [-0.05, 0) is 120 Å². The molecule has 0 atom stereocenters. The Hall–Kier alpha value is -8.59. The zero-order valence-corrected chi connectivity index (χ0v) is 47.2. The predicted octanol–water partition coefficient (Wildman–Crippen LogP) is 10.6. The van der Waals surface area contributed by atoms with E-state index in [0.717, 1.165) is 46.7 Å². The van der Waals surface area contributed by atoms with Crippen LogP contribution in [0, 0.1) is 39.3 Å². The summed E-state index contributed by atoms with van der Waals surface area (Å²) in [6, 6.07) is 13.2. The first kappa shape index (κ1) is 62.5. The van der Waals surface area contributed by atoms with E-state index >= 15 is 8.78 Å². The Balaban J connectivity index is 0.000000219. The van der Waals surface area contributed by atoms with E-state index in [9.17, 15) is 40.3 Å². The third-order valence-electron chi connectivity index (χ3n) is 15.4. The summed E-state index contributed by atoms with van der Waals surface area (Å²) in [7, 11) is 7.19. The molecular weight excluding hydrogens is 1120 g/mol. The topological polar surface area (TPSA) is 168 Å². The van der Waals surface area contributed by atoms with Gasteiger partial charge in [0.15, 0.2) is 11.6 Å². The maximum absolute atomic E-state index is 15.2. The average molecular weight is 1190 g/mol. The van der Waals surface area contributed by atoms with Gasteiger partial charge in [-0.2, -0.15) is 36.5 Å². The smallest absolute Gasteiger partial charge is 0.369 e. The predicted molar refractivity (Wildman–Crippen MR) is 305 cm³/mol. The maximum Gasteiger partial charge on any atom is 0.419 e. The van der Waals surface area contributed by atoms with Gasteiger partial charge in [-0.1, -0.05) is 30.0 Å². The zero-order chi connectivity index (χ0) is 60.5. The molecule has 85 heavy (non-hydrogen) atoms. The molecule has 27 heteroatoms. The summed E-state index contributed by atoms with van der Waals surface area (Å²) >= 11 is 0. The van der Waals surface area contributed by atoms with Crippen LogP contribution in [0.3, 0.4) is 0 Å². The van der Waals surface area contributed by atoms with Gasteiger partial charge >= 0.3 is 12.4 Å². The fraction of sp³-hybridized carbons (Fsp3) is 0.379. The highest BCUT2D eigenvalue weighted by molar-refractivity contribution is 6.06. The third kappa shape index (κ3) is 13.7. The second-order valence-electron chi connectivity index (χ2n) is 20.9. The van der Waals surface area contributed by atoms with Crippen LogP contribution >= 0.6 is 0 Å². The van der Waals surface area contributed by atoms with Gasteiger partial charge in [0.2, 0.25) is 0 Å². The summed E-state index contributed by atoms with van der Waals surface area (Å²) < 4.78 is 132. The molecule has 10 rings (SSSR count). The third-order valence-corrected chi connectivity index (χ3v) is 15.4. The summed E-state index contributed by atoms with van der Waals surface area (Å²) in [6.45, 7) is 9.82. The highest BCUT2D eigenvalue weighted by Gasteiger charge is 2.39. The van der Waals surface area contributed by atoms with Crippen LogP contribution in [0.15, 0.2) is 85.5 Å². The summed E-state index contributed by atoms with van der Waals surface area (Å²) in [5.41, 5.74) is 3.89. The quantitative estimate of drug-likeness (QED) is 0.105. The van der Waals surface area contributed by atoms with Crippen molar-refractivity contribution in [3.63, 3.8) is 0 Å². The van der Waals surface area contributed by atoms with Crippen LogP contribution in [0.2, 0.25) is 0 Å². The number of hydrogen-bond acceptors (Lipinski definition) is 12. The molecular formula is C58H65F9N16O2. The summed E-state index contributed by atoms with van der Waals surface area (Å²) in [6.07, 6.45) is -1.78. The molecule has 8 aromatic rings. The van der Waals surface area contributed by atoms with Gasteiger partial charge in [-0.3, -0.25) is 23.9 Å². The number of aromatic nitrogens is 10. The van der Waals surface area contributed by atoms with Gasteiger partial charge < -0.3 is 25.3 Å². The van der Waals surface area contributed by atoms with Crippen molar-refractivity contribution >= 4 is 34.6 Å². The number of rotatable bonds is 13. The van der Waals surface area contributed by atoms with Crippen LogP contribution in [0.25, 0.3) is 33.9 Å². The van der Waals surface area contributed by atoms with Gasteiger partial charge in [-0.25, -0.2) is 22.5 Å². The Morgan fingerprint density at radius 3 is 1.52 bits per heavy atom. The van der Waals surface area contributed by atoms with E-state index in [1.807, 2.05) is 53.7 Å². The minimum absolute atomic E-state index is 0. The minimum atomic E-state index is -4.98. The minimum Gasteiger partial charge on any atom is -0.369 e. The van der Waals surface area contributed by atoms with Crippen molar-refractivity contribution < 1.29 is 49.1 Å². The van der Waals surface area contributed by atoms with Crippen LogP contribution < -0.4 is 20.4 Å². The molecule has 4 aromatic heterocycles. The van der Waals surface area contributed by atoms with E-state index in [1.165, 1.54) is 32.5 Å². The molecule has 0 radical (unpaired) electrons. The average Bonchev–Trinajstić information content (AvgIpc) is 3.06. The number of alkyl halides is 7. The lowest BCUT2D eigenvalue weighted by atomic mass is 10.0. The molecule has 452 valence electrons. The number of likely N-dealkylation sites (tertiary alicyclic amines) is 1. The van der Waals surface area contributed by atoms with Crippen molar-refractivity contribution in [3.8, 4) is 33.9 Å². The highest BCUT2D eigenvalue weighted by atomic mass is 19.4. The Kier molecular flexibility index (Phi) is 18.6. The second kappa shape index (κ2) is 25.3. The van der Waals surface area contributed by atoms with E-state index in [0.29, 0.717) is 60.8 Å². The molecule has 2 amide bonds. The van der Waals surface area contributed by atoms with E-state index in [1.54, 1.807) is 76.4 Å². The van der Waals surface area contributed by atoms with Crippen LogP contribution in [0.1, 0.15) is 74.6 Å². The molecule has 0 aliphatic carbocycles. The van der Waals surface area contributed by atoms with Crippen molar-refractivity contribution in [1.82, 2.24) is 59.3 Å². The molecule has 0 saturated carbocycles. The Morgan fingerprint density at radius 1 is 0.624 bits per heavy atom. The highest BCUT2D eigenvalue weighted by Crippen LogP contribution is 2.41. The Bertz CT molecular complexity index is 3700. The molecule has 18 nitrogen and oxygen atoms in total. The Labute approximate surface area is 484 Å². The standard InChI is InChI=1S/C29H32F4N8O.C28H29F5N8O.CH4/c1-17-6-7-19(12-25(17)41-16-24(36-37-41)22-15-34-40(5)18(22)2)28(42)35-20-13-23(29(31,32)33)27(30)26(14-20)39(4)21-8-10-38(3)11-9-21;1-17-4-5-19(12-24(17)41-16-23(36-37-41)21-15-34-38(3)18(21)2)27(42)35-20-13-22(28(31,32)33)26(30)25(14-20)40-10-8-39(7-6-29)9-11-40;/h6-7,12-16,21H,8-11H2,1-5H3,(H,35,42);4-5,12-16H,6-11H2,1-3H3,(H,35,42);1H4. The molecule has 0 unspecified atom stereocenters. The van der Waals surface area contributed by atoms with Gasteiger partial charge in [0.05, 0.1) is 58.7 Å². The first-order chi connectivity index (χ1) is 39.8. The number of carbonyl (C=O) groups excluding carboxylic acids is 2. The molecule has 2 fully saturated rings. The number of nitrogens with zero attached hydrogens (tertiary/aromatic N) is 14. The van der Waals surface area contributed by atoms with Gasteiger partial charge in [0.1, 0.15) is 18.1 Å². The SMILES string of the molecule is C.Cc1ccc(C(=O)Nc2cc(N(C)C3CCN(C)CC3)c(F)c(C(F)(F)F)c2)cc1-n1cc(-c2cnn(C)c2C)nn1.Cc1ccc(C(=O)Nc2cc(N3CCN(CCF)CC3)c(F)c(C(F)(F)F)c2)cc1-n1cc(-c2cnn(C)c2C)nn1. The second-order valence-corrected chi connectivity index (χ2v) is 20.9. The molecule has 2 N–H and O–H groups in total. The molecule has 2 saturated heterocycles. The fourth-order valence-electron chi connectivity index (χ4n) is 10.1. The van der Waals surface area contributed by atoms with E-state index in [2.05, 4.69) is 46.4 Å². The zero-order valence-electron chi connectivity index (χ0n) is 47.2. The number of aryl methyl sites for hydroxylation is 4. The number of piperidine rings is 1. The Morgan fingerprint density at radius 2 is 1.08 bits per heavy atom. The molecule has 2 aliphatic rings. The lowest BCUT2D eigenvalue weighted by Gasteiger charge is -2.37. The van der Waals surface area contributed by atoms with Crippen molar-refractivity contribution in [2.75, 3.05) is 87.0 Å². The van der Waals surface area contributed by atoms with E-state index in [4.69, 9.17) is 0 Å². The largest absolute Gasteiger partial charge is 0.419 e. The number of halogens is 9. The molecule has 0 bridgehead atoms. The van der Waals surface area contributed by atoms with Crippen LogP contribution in [-0.2, 0) is 26.4 Å². The molecule has 2 aliphatic heterocycles. The number of carbonyl (C=O) groups is 2. The number of nitrogens with one attached hydrogen (secondary N) is 2. The van der Waals surface area contributed by atoms with Crippen molar-refractivity contribution in [1.29, 1.82) is 0 Å². The van der Waals surface area contributed by atoms with Crippen molar-refractivity contribution in [3.05, 3.63) is 142 Å². The van der Waals surface area contributed by atoms with Crippen LogP contribution in [-0.4, -0.2) is 144 Å². The van der Waals surface area contributed by atoms with Crippen molar-refractivity contribution in [2.24, 2.45) is 14.1 Å². The number of amides is 2. The summed E-state index contributed by atoms with van der Waals surface area (Å²) in [4.78, 5) is 33.5. The first-order valence-electron chi connectivity index (χ1n) is 26.7. The van der Waals surface area contributed by atoms with E-state index in [-0.39, 0.29) is 67.0 Å². The lowest BCUT2D eigenvalue weighted by Crippen LogP contribution is -2.47.